The predicted molar refractivity (Wildman–Crippen MR) is 85.2 cm³/mol. The highest BCUT2D eigenvalue weighted by molar-refractivity contribution is 6.30. The molecule has 1 N–H and O–H groups in total. The molecule has 0 saturated carbocycles. The molecule has 1 fully saturated rings. The molecule has 1 aromatic carbocycles. The van der Waals surface area contributed by atoms with Gasteiger partial charge in [-0.25, -0.2) is 0 Å². The molecule has 1 heterocycles. The molecule has 1 aliphatic rings. The zero-order valence-electron chi connectivity index (χ0n) is 12.6. The van der Waals surface area contributed by atoms with E-state index in [0.29, 0.717) is 12.1 Å². The molecule has 0 radical (unpaired) electrons. The van der Waals surface area contributed by atoms with Crippen molar-refractivity contribution >= 4 is 11.6 Å². The normalized spacial score (nSPS) is 19.8. The van der Waals surface area contributed by atoms with Crippen molar-refractivity contribution in [1.82, 2.24) is 5.32 Å². The molecule has 2 nitrogen and oxygen atoms in total. The van der Waals surface area contributed by atoms with E-state index in [9.17, 15) is 0 Å². The fourth-order valence-corrected chi connectivity index (χ4v) is 3.13. The maximum atomic E-state index is 5.99. The topological polar surface area (TPSA) is 21.3 Å². The fraction of sp³-hybridized carbons (Fsp3) is 0.647. The first-order chi connectivity index (χ1) is 9.70. The lowest BCUT2D eigenvalue weighted by atomic mass is 9.91. The molecule has 1 saturated heterocycles. The van der Waals surface area contributed by atoms with E-state index in [4.69, 9.17) is 16.3 Å². The smallest absolute Gasteiger partial charge is 0.0469 e. The van der Waals surface area contributed by atoms with Crippen molar-refractivity contribution < 1.29 is 4.74 Å². The van der Waals surface area contributed by atoms with Crippen molar-refractivity contribution in [1.29, 1.82) is 0 Å². The van der Waals surface area contributed by atoms with Gasteiger partial charge in [0.2, 0.25) is 0 Å². The molecule has 0 aromatic heterocycles. The third-order valence-corrected chi connectivity index (χ3v) is 4.54. The highest BCUT2D eigenvalue weighted by Crippen LogP contribution is 2.25. The Labute approximate surface area is 127 Å². The van der Waals surface area contributed by atoms with Gasteiger partial charge in [0.1, 0.15) is 0 Å². The minimum absolute atomic E-state index is 0.426. The Hall–Kier alpha value is -0.570. The van der Waals surface area contributed by atoms with Gasteiger partial charge in [0, 0.05) is 30.3 Å². The number of halogens is 1. The van der Waals surface area contributed by atoms with Crippen molar-refractivity contribution in [3.63, 3.8) is 0 Å². The second-order valence-corrected chi connectivity index (χ2v) is 6.23. The molecule has 2 rings (SSSR count). The van der Waals surface area contributed by atoms with Crippen LogP contribution in [0.15, 0.2) is 24.3 Å². The summed E-state index contributed by atoms with van der Waals surface area (Å²) in [6, 6.07) is 9.22. The van der Waals surface area contributed by atoms with Crippen LogP contribution < -0.4 is 5.32 Å². The highest BCUT2D eigenvalue weighted by Gasteiger charge is 2.23. The third-order valence-electron chi connectivity index (χ3n) is 4.29. The first-order valence-electron chi connectivity index (χ1n) is 7.80. The average molecular weight is 296 g/mol. The van der Waals surface area contributed by atoms with Crippen LogP contribution in [0.2, 0.25) is 5.02 Å². The molecular weight excluding hydrogens is 270 g/mol. The minimum atomic E-state index is 0.426. The molecule has 0 aliphatic carbocycles. The fourth-order valence-electron chi connectivity index (χ4n) is 3.00. The molecule has 0 spiro atoms. The standard InChI is InChI=1S/C17H26ClNO/c1-3-4-17(15-5-7-16(18)8-6-15)19-13(2)14-9-11-20-12-10-14/h5-8,13-14,17,19H,3-4,9-12H2,1-2H3. The summed E-state index contributed by atoms with van der Waals surface area (Å²) < 4.78 is 5.46. The van der Waals surface area contributed by atoms with Crippen LogP contribution in [0.25, 0.3) is 0 Å². The molecule has 2 atom stereocenters. The number of hydrogen-bond acceptors (Lipinski definition) is 2. The summed E-state index contributed by atoms with van der Waals surface area (Å²) >= 11 is 5.99. The summed E-state index contributed by atoms with van der Waals surface area (Å²) in [5, 5.41) is 4.63. The molecule has 0 amide bonds. The van der Waals surface area contributed by atoms with Gasteiger partial charge in [-0.05, 0) is 49.8 Å². The quantitative estimate of drug-likeness (QED) is 0.829. The molecule has 1 aliphatic heterocycles. The number of nitrogens with one attached hydrogen (secondary N) is 1. The second-order valence-electron chi connectivity index (χ2n) is 5.80. The summed E-state index contributed by atoms with van der Waals surface area (Å²) in [5.74, 6) is 0.732. The number of ether oxygens (including phenoxy) is 1. The van der Waals surface area contributed by atoms with E-state index >= 15 is 0 Å². The Morgan fingerprint density at radius 3 is 2.50 bits per heavy atom. The van der Waals surface area contributed by atoms with Gasteiger partial charge in [0.25, 0.3) is 0 Å². The van der Waals surface area contributed by atoms with E-state index in [1.54, 1.807) is 0 Å². The van der Waals surface area contributed by atoms with Crippen LogP contribution in [-0.2, 0) is 4.74 Å². The van der Waals surface area contributed by atoms with Crippen molar-refractivity contribution in [3.8, 4) is 0 Å². The Balaban J connectivity index is 1.98. The summed E-state index contributed by atoms with van der Waals surface area (Å²) in [4.78, 5) is 0. The summed E-state index contributed by atoms with van der Waals surface area (Å²) in [6.07, 6.45) is 4.69. The van der Waals surface area contributed by atoms with Crippen LogP contribution in [-0.4, -0.2) is 19.3 Å². The molecule has 0 bridgehead atoms. The lowest BCUT2D eigenvalue weighted by Gasteiger charge is -2.32. The van der Waals surface area contributed by atoms with Crippen LogP contribution in [0, 0.1) is 5.92 Å². The monoisotopic (exact) mass is 295 g/mol. The van der Waals surface area contributed by atoms with Crippen molar-refractivity contribution in [2.24, 2.45) is 5.92 Å². The Morgan fingerprint density at radius 1 is 1.25 bits per heavy atom. The minimum Gasteiger partial charge on any atom is -0.381 e. The number of rotatable bonds is 6. The van der Waals surface area contributed by atoms with Gasteiger partial charge >= 0.3 is 0 Å². The number of hydrogen-bond donors (Lipinski definition) is 1. The maximum absolute atomic E-state index is 5.99. The zero-order valence-corrected chi connectivity index (χ0v) is 13.3. The van der Waals surface area contributed by atoms with E-state index in [1.165, 1.54) is 24.8 Å². The summed E-state index contributed by atoms with van der Waals surface area (Å²) in [6.45, 7) is 6.38. The van der Waals surface area contributed by atoms with E-state index in [1.807, 2.05) is 12.1 Å². The van der Waals surface area contributed by atoms with E-state index in [-0.39, 0.29) is 0 Å². The maximum Gasteiger partial charge on any atom is 0.0469 e. The molecule has 2 unspecified atom stereocenters. The lowest BCUT2D eigenvalue weighted by Crippen LogP contribution is -2.38. The van der Waals surface area contributed by atoms with Crippen molar-refractivity contribution in [2.45, 2.75) is 51.6 Å². The number of benzene rings is 1. The van der Waals surface area contributed by atoms with Crippen LogP contribution in [0.3, 0.4) is 0 Å². The molecule has 20 heavy (non-hydrogen) atoms. The van der Waals surface area contributed by atoms with Crippen LogP contribution in [0.1, 0.15) is 51.1 Å². The largest absolute Gasteiger partial charge is 0.381 e. The average Bonchev–Trinajstić information content (AvgIpc) is 2.48. The first kappa shape index (κ1) is 15.8. The Bertz CT molecular complexity index is 386. The SMILES string of the molecule is CCCC(NC(C)C1CCOCC1)c1ccc(Cl)cc1. The van der Waals surface area contributed by atoms with Gasteiger partial charge in [-0.2, -0.15) is 0 Å². The molecule has 1 aromatic rings. The molecule has 3 heteroatoms. The van der Waals surface area contributed by atoms with Gasteiger partial charge in [-0.15, -0.1) is 0 Å². The zero-order chi connectivity index (χ0) is 14.4. The van der Waals surface area contributed by atoms with Gasteiger partial charge in [0.15, 0.2) is 0 Å². The summed E-state index contributed by atoms with van der Waals surface area (Å²) in [7, 11) is 0. The first-order valence-corrected chi connectivity index (χ1v) is 8.17. The van der Waals surface area contributed by atoms with Crippen molar-refractivity contribution in [3.05, 3.63) is 34.9 Å². The second kappa shape index (κ2) is 8.02. The predicted octanol–water partition coefficient (Wildman–Crippen LogP) is 4.59. The van der Waals surface area contributed by atoms with E-state index < -0.39 is 0 Å². The van der Waals surface area contributed by atoms with Gasteiger partial charge in [-0.3, -0.25) is 0 Å². The molecule has 112 valence electrons. The lowest BCUT2D eigenvalue weighted by molar-refractivity contribution is 0.0542. The van der Waals surface area contributed by atoms with E-state index in [0.717, 1.165) is 30.6 Å². The molecular formula is C17H26ClNO. The summed E-state index contributed by atoms with van der Waals surface area (Å²) in [5.41, 5.74) is 1.34. The van der Waals surface area contributed by atoms with Crippen molar-refractivity contribution in [2.75, 3.05) is 13.2 Å². The van der Waals surface area contributed by atoms with Gasteiger partial charge in [0.05, 0.1) is 0 Å². The van der Waals surface area contributed by atoms with Gasteiger partial charge in [-0.1, -0.05) is 37.1 Å². The van der Waals surface area contributed by atoms with Crippen LogP contribution >= 0.6 is 11.6 Å². The van der Waals surface area contributed by atoms with E-state index in [2.05, 4.69) is 31.3 Å². The van der Waals surface area contributed by atoms with Crippen LogP contribution in [0.4, 0.5) is 0 Å². The Kier molecular flexibility index (Phi) is 6.34. The third kappa shape index (κ3) is 4.47. The highest BCUT2D eigenvalue weighted by atomic mass is 35.5. The van der Waals surface area contributed by atoms with Gasteiger partial charge < -0.3 is 10.1 Å². The van der Waals surface area contributed by atoms with Crippen LogP contribution in [0.5, 0.6) is 0 Å². The Morgan fingerprint density at radius 2 is 1.90 bits per heavy atom.